The lowest BCUT2D eigenvalue weighted by molar-refractivity contribution is 0.693. The molecule has 0 bridgehead atoms. The second kappa shape index (κ2) is 4.99. The monoisotopic (exact) mass is 253 g/mol. The van der Waals surface area contributed by atoms with Gasteiger partial charge in [0.05, 0.1) is 10.7 Å². The quantitative estimate of drug-likeness (QED) is 0.775. The van der Waals surface area contributed by atoms with Gasteiger partial charge in [-0.05, 0) is 31.0 Å². The predicted octanol–water partition coefficient (Wildman–Crippen LogP) is 4.31. The van der Waals surface area contributed by atoms with Crippen LogP contribution >= 0.6 is 23.2 Å². The van der Waals surface area contributed by atoms with Crippen molar-refractivity contribution in [3.05, 3.63) is 27.7 Å². The SMILES string of the molecule is CC#CCCC1CNc2c(Cl)cc(Cl)cc21. The average molecular weight is 254 g/mol. The number of halogens is 2. The van der Waals surface area contributed by atoms with Gasteiger partial charge in [-0.25, -0.2) is 0 Å². The Bertz CT molecular complexity index is 457. The lowest BCUT2D eigenvalue weighted by Gasteiger charge is -2.08. The van der Waals surface area contributed by atoms with Crippen LogP contribution in [0.2, 0.25) is 10.0 Å². The van der Waals surface area contributed by atoms with Crippen molar-refractivity contribution in [2.75, 3.05) is 11.9 Å². The molecule has 1 aromatic carbocycles. The Morgan fingerprint density at radius 2 is 2.25 bits per heavy atom. The average Bonchev–Trinajstić information content (AvgIpc) is 2.62. The second-order valence-electron chi connectivity index (χ2n) is 3.90. The molecule has 16 heavy (non-hydrogen) atoms. The molecule has 0 radical (unpaired) electrons. The van der Waals surface area contributed by atoms with Crippen molar-refractivity contribution in [3.63, 3.8) is 0 Å². The summed E-state index contributed by atoms with van der Waals surface area (Å²) in [6, 6.07) is 3.79. The maximum Gasteiger partial charge on any atom is 0.0655 e. The van der Waals surface area contributed by atoms with Gasteiger partial charge >= 0.3 is 0 Å². The zero-order valence-electron chi connectivity index (χ0n) is 9.11. The van der Waals surface area contributed by atoms with E-state index in [-0.39, 0.29) is 0 Å². The van der Waals surface area contributed by atoms with Crippen molar-refractivity contribution < 1.29 is 0 Å². The summed E-state index contributed by atoms with van der Waals surface area (Å²) in [7, 11) is 0. The topological polar surface area (TPSA) is 12.0 Å². The summed E-state index contributed by atoms with van der Waals surface area (Å²) >= 11 is 12.1. The minimum atomic E-state index is 0.479. The minimum Gasteiger partial charge on any atom is -0.383 e. The first kappa shape index (κ1) is 11.6. The summed E-state index contributed by atoms with van der Waals surface area (Å²) in [6.45, 7) is 2.80. The Morgan fingerprint density at radius 3 is 3.00 bits per heavy atom. The Kier molecular flexibility index (Phi) is 3.63. The lowest BCUT2D eigenvalue weighted by Crippen LogP contribution is -2.01. The van der Waals surface area contributed by atoms with Gasteiger partial charge in [0.1, 0.15) is 0 Å². The lowest BCUT2D eigenvalue weighted by atomic mass is 9.96. The number of benzene rings is 1. The third-order valence-electron chi connectivity index (χ3n) is 2.85. The fourth-order valence-corrected chi connectivity index (χ4v) is 2.64. The standard InChI is InChI=1S/C13H13Cl2N/c1-2-3-4-5-9-8-16-13-11(9)6-10(14)7-12(13)15/h6-7,9,16H,4-5,8H2,1H3. The van der Waals surface area contributed by atoms with Crippen LogP contribution < -0.4 is 5.32 Å². The molecule has 1 aromatic rings. The largest absolute Gasteiger partial charge is 0.383 e. The first-order valence-corrected chi connectivity index (χ1v) is 6.10. The predicted molar refractivity (Wildman–Crippen MR) is 70.4 cm³/mol. The Balaban J connectivity index is 2.20. The van der Waals surface area contributed by atoms with Crippen LogP contribution in [0, 0.1) is 11.8 Å². The number of fused-ring (bicyclic) bond motifs is 1. The molecule has 0 saturated carbocycles. The van der Waals surface area contributed by atoms with Crippen LogP contribution in [0.25, 0.3) is 0 Å². The van der Waals surface area contributed by atoms with E-state index in [1.165, 1.54) is 5.56 Å². The van der Waals surface area contributed by atoms with Gasteiger partial charge in [-0.1, -0.05) is 23.2 Å². The van der Waals surface area contributed by atoms with Crippen LogP contribution in [0.5, 0.6) is 0 Å². The van der Waals surface area contributed by atoms with Crippen LogP contribution in [0.15, 0.2) is 12.1 Å². The molecule has 1 nitrogen and oxygen atoms in total. The van der Waals surface area contributed by atoms with E-state index in [1.54, 1.807) is 6.07 Å². The van der Waals surface area contributed by atoms with Gasteiger partial charge < -0.3 is 5.32 Å². The van der Waals surface area contributed by atoms with E-state index in [9.17, 15) is 0 Å². The highest BCUT2D eigenvalue weighted by atomic mass is 35.5. The van der Waals surface area contributed by atoms with Gasteiger partial charge in [0.2, 0.25) is 0 Å². The summed E-state index contributed by atoms with van der Waals surface area (Å²) in [6.07, 6.45) is 1.98. The minimum absolute atomic E-state index is 0.479. The number of hydrogen-bond acceptors (Lipinski definition) is 1. The van der Waals surface area contributed by atoms with E-state index in [0.29, 0.717) is 16.0 Å². The normalized spacial score (nSPS) is 17.3. The summed E-state index contributed by atoms with van der Waals surface area (Å²) in [5.41, 5.74) is 2.27. The highest BCUT2D eigenvalue weighted by Gasteiger charge is 2.24. The molecule has 1 atom stereocenters. The van der Waals surface area contributed by atoms with Gasteiger partial charge in [0.25, 0.3) is 0 Å². The van der Waals surface area contributed by atoms with E-state index >= 15 is 0 Å². The van der Waals surface area contributed by atoms with Gasteiger partial charge in [0, 0.05) is 23.9 Å². The number of rotatable bonds is 2. The molecule has 1 heterocycles. The van der Waals surface area contributed by atoms with Crippen LogP contribution in [0.4, 0.5) is 5.69 Å². The maximum atomic E-state index is 6.13. The van der Waals surface area contributed by atoms with E-state index in [4.69, 9.17) is 23.2 Å². The third kappa shape index (κ3) is 2.29. The molecule has 0 amide bonds. The summed E-state index contributed by atoms with van der Waals surface area (Å²) in [5, 5.41) is 4.76. The highest BCUT2D eigenvalue weighted by molar-refractivity contribution is 6.36. The van der Waals surface area contributed by atoms with Crippen LogP contribution in [0.1, 0.15) is 31.2 Å². The Labute approximate surface area is 106 Å². The molecule has 0 fully saturated rings. The first-order chi connectivity index (χ1) is 7.72. The Morgan fingerprint density at radius 1 is 1.44 bits per heavy atom. The molecule has 0 aromatic heterocycles. The Hall–Kier alpha value is -0.840. The smallest absolute Gasteiger partial charge is 0.0655 e. The van der Waals surface area contributed by atoms with Crippen molar-refractivity contribution >= 4 is 28.9 Å². The van der Waals surface area contributed by atoms with Crippen molar-refractivity contribution in [2.45, 2.75) is 25.7 Å². The molecule has 84 valence electrons. The molecule has 0 saturated heterocycles. The number of hydrogen-bond donors (Lipinski definition) is 1. The number of nitrogens with one attached hydrogen (secondary N) is 1. The number of anilines is 1. The zero-order valence-corrected chi connectivity index (χ0v) is 10.6. The fourth-order valence-electron chi connectivity index (χ4n) is 2.07. The van der Waals surface area contributed by atoms with Gasteiger partial charge in [-0.15, -0.1) is 11.8 Å². The molecule has 1 unspecified atom stereocenters. The molecule has 1 N–H and O–H groups in total. The fraction of sp³-hybridized carbons (Fsp3) is 0.385. The van der Waals surface area contributed by atoms with E-state index in [0.717, 1.165) is 25.1 Å². The summed E-state index contributed by atoms with van der Waals surface area (Å²) in [5.74, 6) is 6.49. The van der Waals surface area contributed by atoms with E-state index < -0.39 is 0 Å². The van der Waals surface area contributed by atoms with Gasteiger partial charge in [-0.2, -0.15) is 0 Å². The molecular weight excluding hydrogens is 241 g/mol. The molecule has 1 aliphatic rings. The first-order valence-electron chi connectivity index (χ1n) is 5.34. The van der Waals surface area contributed by atoms with Crippen molar-refractivity contribution in [1.29, 1.82) is 0 Å². The third-order valence-corrected chi connectivity index (χ3v) is 3.36. The highest BCUT2D eigenvalue weighted by Crippen LogP contribution is 2.40. The molecule has 1 aliphatic heterocycles. The second-order valence-corrected chi connectivity index (χ2v) is 4.74. The molecule has 2 rings (SSSR count). The zero-order chi connectivity index (χ0) is 11.5. The molecule has 0 spiro atoms. The maximum absolute atomic E-state index is 6.13. The van der Waals surface area contributed by atoms with Gasteiger partial charge in [-0.3, -0.25) is 0 Å². The van der Waals surface area contributed by atoms with Crippen LogP contribution in [-0.4, -0.2) is 6.54 Å². The molecule has 3 heteroatoms. The molecule has 0 aliphatic carbocycles. The summed E-state index contributed by atoms with van der Waals surface area (Å²) in [4.78, 5) is 0. The van der Waals surface area contributed by atoms with E-state index in [1.807, 2.05) is 13.0 Å². The van der Waals surface area contributed by atoms with Crippen LogP contribution in [0.3, 0.4) is 0 Å². The van der Waals surface area contributed by atoms with E-state index in [2.05, 4.69) is 17.2 Å². The van der Waals surface area contributed by atoms with Crippen molar-refractivity contribution in [2.24, 2.45) is 0 Å². The summed E-state index contributed by atoms with van der Waals surface area (Å²) < 4.78 is 0. The van der Waals surface area contributed by atoms with Crippen LogP contribution in [-0.2, 0) is 0 Å². The van der Waals surface area contributed by atoms with Gasteiger partial charge in [0.15, 0.2) is 0 Å². The molecular formula is C13H13Cl2N. The van der Waals surface area contributed by atoms with Crippen molar-refractivity contribution in [1.82, 2.24) is 0 Å². The van der Waals surface area contributed by atoms with Crippen molar-refractivity contribution in [3.8, 4) is 11.8 Å².